The van der Waals surface area contributed by atoms with Crippen molar-refractivity contribution in [3.63, 3.8) is 0 Å². The van der Waals surface area contributed by atoms with Crippen LogP contribution in [-0.4, -0.2) is 66.7 Å². The van der Waals surface area contributed by atoms with Crippen molar-refractivity contribution in [2.45, 2.75) is 13.5 Å². The summed E-state index contributed by atoms with van der Waals surface area (Å²) in [6, 6.07) is 6.42. The van der Waals surface area contributed by atoms with E-state index in [-0.39, 0.29) is 34.8 Å². The van der Waals surface area contributed by atoms with Crippen molar-refractivity contribution in [2.75, 3.05) is 40.0 Å². The first-order valence-electron chi connectivity index (χ1n) is 9.95. The fraction of sp³-hybridized carbons (Fsp3) is 0.364. The minimum atomic E-state index is -0.594. The monoisotopic (exact) mass is 458 g/mol. The third-order valence-electron chi connectivity index (χ3n) is 5.29. The average Bonchev–Trinajstić information content (AvgIpc) is 2.79. The zero-order chi connectivity index (χ0) is 23.3. The minimum Gasteiger partial charge on any atom is -0.494 e. The van der Waals surface area contributed by atoms with E-state index in [0.717, 1.165) is 13.1 Å². The topological polar surface area (TPSA) is 117 Å². The van der Waals surface area contributed by atoms with Crippen LogP contribution in [0.5, 0.6) is 5.88 Å². The molecule has 0 saturated carbocycles. The summed E-state index contributed by atoms with van der Waals surface area (Å²) in [5.41, 5.74) is 0.275. The lowest BCUT2D eigenvalue weighted by molar-refractivity contribution is 0.0360. The van der Waals surface area contributed by atoms with Crippen molar-refractivity contribution in [2.24, 2.45) is 4.99 Å². The fourth-order valence-electron chi connectivity index (χ4n) is 3.43. The van der Waals surface area contributed by atoms with Crippen LogP contribution in [0.25, 0.3) is 0 Å². The van der Waals surface area contributed by atoms with Gasteiger partial charge in [-0.3, -0.25) is 19.3 Å². The Morgan fingerprint density at radius 1 is 1.38 bits per heavy atom. The number of hydrogen-bond acceptors (Lipinski definition) is 8. The molecule has 0 atom stereocenters. The van der Waals surface area contributed by atoms with Gasteiger partial charge in [0.05, 0.1) is 37.1 Å². The predicted octanol–water partition coefficient (Wildman–Crippen LogP) is 2.26. The van der Waals surface area contributed by atoms with Gasteiger partial charge in [0.15, 0.2) is 0 Å². The largest absolute Gasteiger partial charge is 0.494 e. The number of carbonyl (C=O) groups is 1. The third-order valence-corrected chi connectivity index (χ3v) is 5.52. The summed E-state index contributed by atoms with van der Waals surface area (Å²) < 4.78 is 11.3. The van der Waals surface area contributed by atoms with E-state index in [1.807, 2.05) is 6.07 Å². The molecular weight excluding hydrogens is 436 g/mol. The van der Waals surface area contributed by atoms with Crippen LogP contribution < -0.4 is 5.56 Å². The van der Waals surface area contributed by atoms with Gasteiger partial charge in [-0.25, -0.2) is 4.79 Å². The molecule has 0 radical (unpaired) electrons. The number of rotatable bonds is 6. The molecule has 0 aliphatic carbocycles. The second-order valence-electron chi connectivity index (χ2n) is 7.17. The number of aromatic hydroxyl groups is 1. The molecule has 32 heavy (non-hydrogen) atoms. The highest BCUT2D eigenvalue weighted by Crippen LogP contribution is 2.26. The van der Waals surface area contributed by atoms with Crippen molar-refractivity contribution in [3.8, 4) is 11.9 Å². The molecule has 3 rings (SSSR count). The first-order valence-corrected chi connectivity index (χ1v) is 10.3. The summed E-state index contributed by atoms with van der Waals surface area (Å²) in [4.78, 5) is 31.2. The Morgan fingerprint density at radius 2 is 2.09 bits per heavy atom. The number of aliphatic imine (C=N–C) groups is 1. The highest BCUT2D eigenvalue weighted by molar-refractivity contribution is 6.31. The first kappa shape index (κ1) is 23.5. The van der Waals surface area contributed by atoms with E-state index in [9.17, 15) is 20.0 Å². The van der Waals surface area contributed by atoms with Crippen LogP contribution in [-0.2, 0) is 16.0 Å². The van der Waals surface area contributed by atoms with Crippen LogP contribution >= 0.6 is 11.6 Å². The van der Waals surface area contributed by atoms with Gasteiger partial charge in [0.1, 0.15) is 11.6 Å². The number of methoxy groups -OCH3 is 1. The smallest absolute Gasteiger partial charge is 0.340 e. The molecule has 1 aromatic heterocycles. The molecule has 168 valence electrons. The van der Waals surface area contributed by atoms with E-state index < -0.39 is 11.5 Å². The Hall–Kier alpha value is -3.19. The van der Waals surface area contributed by atoms with Gasteiger partial charge >= 0.3 is 5.97 Å². The number of nitrogens with zero attached hydrogens (tertiary/aromatic N) is 4. The average molecular weight is 459 g/mol. The number of pyridine rings is 1. The zero-order valence-corrected chi connectivity index (χ0v) is 18.6. The molecule has 1 N–H and O–H groups in total. The van der Waals surface area contributed by atoms with Gasteiger partial charge in [-0.1, -0.05) is 11.6 Å². The standard InChI is InChI=1S/C22H23ClN4O5/c1-14-17(12-24)20(28)27(6-5-26-7-9-32-10-8-26)21(29)18(14)13-25-19-11-15(23)3-4-16(19)22(30)31-2/h3-4,11,13,29H,5-10H2,1-2H3. The number of esters is 1. The number of nitriles is 1. The van der Waals surface area contributed by atoms with Gasteiger partial charge in [0, 0.05) is 37.4 Å². The lowest BCUT2D eigenvalue weighted by Crippen LogP contribution is -2.39. The lowest BCUT2D eigenvalue weighted by atomic mass is 10.1. The Morgan fingerprint density at radius 3 is 2.75 bits per heavy atom. The number of ether oxygens (including phenoxy) is 2. The third kappa shape index (κ3) is 4.99. The molecule has 0 unspecified atom stereocenters. The molecule has 1 fully saturated rings. The SMILES string of the molecule is COC(=O)c1ccc(Cl)cc1N=Cc1c(C)c(C#N)c(=O)n(CCN2CCOCC2)c1O. The van der Waals surface area contributed by atoms with Gasteiger partial charge in [-0.2, -0.15) is 5.26 Å². The van der Waals surface area contributed by atoms with Crippen LogP contribution in [0.3, 0.4) is 0 Å². The van der Waals surface area contributed by atoms with Crippen LogP contribution in [0.4, 0.5) is 5.69 Å². The lowest BCUT2D eigenvalue weighted by Gasteiger charge is -2.27. The van der Waals surface area contributed by atoms with Crippen molar-refractivity contribution < 1.29 is 19.4 Å². The second-order valence-corrected chi connectivity index (χ2v) is 7.61. The Kier molecular flexibility index (Phi) is 7.64. The predicted molar refractivity (Wildman–Crippen MR) is 119 cm³/mol. The Balaban J connectivity index is 2.01. The second kappa shape index (κ2) is 10.4. The van der Waals surface area contributed by atoms with Gasteiger partial charge in [-0.05, 0) is 30.7 Å². The first-order chi connectivity index (χ1) is 15.4. The normalized spacial score (nSPS) is 14.4. The van der Waals surface area contributed by atoms with E-state index in [1.54, 1.807) is 6.92 Å². The number of hydrogen-bond donors (Lipinski definition) is 1. The van der Waals surface area contributed by atoms with E-state index >= 15 is 0 Å². The van der Waals surface area contributed by atoms with E-state index in [2.05, 4.69) is 9.89 Å². The number of halogens is 1. The van der Waals surface area contributed by atoms with E-state index in [1.165, 1.54) is 36.1 Å². The molecule has 9 nitrogen and oxygen atoms in total. The summed E-state index contributed by atoms with van der Waals surface area (Å²) in [6.07, 6.45) is 1.31. The molecule has 1 saturated heterocycles. The number of aromatic nitrogens is 1. The zero-order valence-electron chi connectivity index (χ0n) is 17.8. The van der Waals surface area contributed by atoms with Gasteiger partial charge < -0.3 is 14.6 Å². The molecule has 1 aliphatic rings. The highest BCUT2D eigenvalue weighted by atomic mass is 35.5. The molecule has 1 aromatic carbocycles. The summed E-state index contributed by atoms with van der Waals surface area (Å²) in [5.74, 6) is -0.895. The molecule has 0 bridgehead atoms. The number of morpholine rings is 1. The van der Waals surface area contributed by atoms with Gasteiger partial charge in [0.25, 0.3) is 5.56 Å². The minimum absolute atomic E-state index is 0.0782. The molecule has 10 heteroatoms. The summed E-state index contributed by atoms with van der Waals surface area (Å²) in [7, 11) is 1.25. The van der Waals surface area contributed by atoms with E-state index in [0.29, 0.717) is 30.3 Å². The van der Waals surface area contributed by atoms with Gasteiger partial charge in [-0.15, -0.1) is 0 Å². The van der Waals surface area contributed by atoms with Crippen molar-refractivity contribution in [1.82, 2.24) is 9.47 Å². The maximum Gasteiger partial charge on any atom is 0.340 e. The van der Waals surface area contributed by atoms with Gasteiger partial charge in [0.2, 0.25) is 5.88 Å². The molecule has 0 spiro atoms. The summed E-state index contributed by atoms with van der Waals surface area (Å²) in [6.45, 7) is 4.95. The van der Waals surface area contributed by atoms with Crippen LogP contribution in [0.15, 0.2) is 28.0 Å². The number of benzene rings is 1. The maximum atomic E-state index is 12.8. The fourth-order valence-corrected chi connectivity index (χ4v) is 3.59. The Labute approximate surface area is 190 Å². The van der Waals surface area contributed by atoms with Crippen LogP contribution in [0, 0.1) is 18.3 Å². The van der Waals surface area contributed by atoms with E-state index in [4.69, 9.17) is 21.1 Å². The summed E-state index contributed by atoms with van der Waals surface area (Å²) >= 11 is 6.04. The Bertz CT molecular complexity index is 1150. The summed E-state index contributed by atoms with van der Waals surface area (Å²) in [5, 5.41) is 20.8. The molecule has 2 heterocycles. The van der Waals surface area contributed by atoms with Crippen LogP contribution in [0.1, 0.15) is 27.0 Å². The quantitative estimate of drug-likeness (QED) is 0.521. The molecule has 0 amide bonds. The number of carbonyl (C=O) groups excluding carboxylic acids is 1. The molecule has 2 aromatic rings. The molecule has 1 aliphatic heterocycles. The van der Waals surface area contributed by atoms with Crippen molar-refractivity contribution in [1.29, 1.82) is 5.26 Å². The maximum absolute atomic E-state index is 12.8. The molecular formula is C22H23ClN4O5. The van der Waals surface area contributed by atoms with Crippen LogP contribution in [0.2, 0.25) is 5.02 Å². The van der Waals surface area contributed by atoms with Crippen molar-refractivity contribution in [3.05, 3.63) is 55.8 Å². The highest BCUT2D eigenvalue weighted by Gasteiger charge is 2.20. The van der Waals surface area contributed by atoms with Crippen molar-refractivity contribution >= 4 is 29.5 Å².